The van der Waals surface area contributed by atoms with Crippen LogP contribution in [0.15, 0.2) is 0 Å². The highest BCUT2D eigenvalue weighted by atomic mass is 79.9. The Labute approximate surface area is 68.8 Å². The summed E-state index contributed by atoms with van der Waals surface area (Å²) in [6, 6.07) is 0. The monoisotopic (exact) mass is 210 g/mol. The van der Waals surface area contributed by atoms with Crippen LogP contribution in [0.5, 0.6) is 0 Å². The van der Waals surface area contributed by atoms with Gasteiger partial charge in [-0.05, 0) is 12.3 Å². The van der Waals surface area contributed by atoms with Gasteiger partial charge in [0, 0.05) is 13.0 Å². The van der Waals surface area contributed by atoms with Crippen LogP contribution in [0.3, 0.4) is 0 Å². The second kappa shape index (κ2) is 5.68. The Kier molecular flexibility index (Phi) is 5.63. The Bertz CT molecular complexity index is 105. The number of carbonyl (C=O) groups excluding carboxylic acids is 1. The van der Waals surface area contributed by atoms with Crippen molar-refractivity contribution in [3.05, 3.63) is 0 Å². The van der Waals surface area contributed by atoms with Crippen molar-refractivity contribution in [3.63, 3.8) is 0 Å². The lowest BCUT2D eigenvalue weighted by Crippen LogP contribution is -2.06. The molecule has 0 unspecified atom stereocenters. The smallest absolute Gasteiger partial charge is 0.317 e. The van der Waals surface area contributed by atoms with Gasteiger partial charge in [0.15, 0.2) is 16.3 Å². The summed E-state index contributed by atoms with van der Waals surface area (Å²) in [6.07, 6.45) is 0.994. The molecule has 0 rings (SSSR count). The SMILES string of the molecule is C[C@H](CCO)CC(=O)OBr. The van der Waals surface area contributed by atoms with Crippen LogP contribution in [0.2, 0.25) is 0 Å². The average molecular weight is 211 g/mol. The maximum atomic E-state index is 10.5. The summed E-state index contributed by atoms with van der Waals surface area (Å²) in [5.41, 5.74) is 0. The molecule has 1 N–H and O–H groups in total. The van der Waals surface area contributed by atoms with E-state index in [4.69, 9.17) is 5.11 Å². The van der Waals surface area contributed by atoms with Crippen molar-refractivity contribution in [2.75, 3.05) is 6.61 Å². The van der Waals surface area contributed by atoms with Crippen molar-refractivity contribution < 1.29 is 13.7 Å². The molecule has 0 aromatic heterocycles. The largest absolute Gasteiger partial charge is 0.396 e. The molecule has 10 heavy (non-hydrogen) atoms. The van der Waals surface area contributed by atoms with E-state index in [0.29, 0.717) is 12.8 Å². The zero-order chi connectivity index (χ0) is 7.98. The van der Waals surface area contributed by atoms with Crippen LogP contribution in [-0.4, -0.2) is 17.7 Å². The Morgan fingerprint density at radius 1 is 1.80 bits per heavy atom. The second-order valence-corrected chi connectivity index (χ2v) is 2.59. The van der Waals surface area contributed by atoms with Gasteiger partial charge in [0.05, 0.1) is 0 Å². The minimum absolute atomic E-state index is 0.122. The fraction of sp³-hybridized carbons (Fsp3) is 0.833. The minimum atomic E-state index is -0.291. The molecule has 0 bridgehead atoms. The number of aliphatic hydroxyl groups excluding tert-OH is 1. The molecule has 0 aliphatic carbocycles. The quantitative estimate of drug-likeness (QED) is 0.761. The lowest BCUT2D eigenvalue weighted by molar-refractivity contribution is -0.133. The molecule has 0 saturated carbocycles. The van der Waals surface area contributed by atoms with Crippen LogP contribution in [-0.2, 0) is 8.62 Å². The predicted molar refractivity (Wildman–Crippen MR) is 40.5 cm³/mol. The van der Waals surface area contributed by atoms with Crippen molar-refractivity contribution in [2.24, 2.45) is 5.92 Å². The summed E-state index contributed by atoms with van der Waals surface area (Å²) < 4.78 is 4.26. The van der Waals surface area contributed by atoms with E-state index in [9.17, 15) is 4.79 Å². The highest BCUT2D eigenvalue weighted by Crippen LogP contribution is 2.08. The maximum Gasteiger partial charge on any atom is 0.317 e. The molecular weight excluding hydrogens is 200 g/mol. The Hall–Kier alpha value is -0.0900. The highest BCUT2D eigenvalue weighted by Gasteiger charge is 2.08. The third-order valence-electron chi connectivity index (χ3n) is 1.22. The summed E-state index contributed by atoms with van der Waals surface area (Å²) in [5.74, 6) is -0.101. The second-order valence-electron chi connectivity index (χ2n) is 2.27. The summed E-state index contributed by atoms with van der Waals surface area (Å²) in [4.78, 5) is 10.5. The molecule has 0 aromatic carbocycles. The van der Waals surface area contributed by atoms with Gasteiger partial charge in [0.25, 0.3) is 0 Å². The highest BCUT2D eigenvalue weighted by molar-refractivity contribution is 9.06. The zero-order valence-electron chi connectivity index (χ0n) is 5.84. The first kappa shape index (κ1) is 9.91. The van der Waals surface area contributed by atoms with Crippen molar-refractivity contribution >= 4 is 22.2 Å². The summed E-state index contributed by atoms with van der Waals surface area (Å²) >= 11 is 2.58. The molecule has 3 nitrogen and oxygen atoms in total. The van der Waals surface area contributed by atoms with E-state index in [-0.39, 0.29) is 18.5 Å². The molecule has 0 saturated heterocycles. The standard InChI is InChI=1S/C6H11BrO3/c1-5(2-3-8)4-6(9)10-7/h5,8H,2-4H2,1H3/t5-/m1/s1. The van der Waals surface area contributed by atoms with Crippen molar-refractivity contribution in [1.29, 1.82) is 0 Å². The normalized spacial score (nSPS) is 12.7. The van der Waals surface area contributed by atoms with E-state index in [1.165, 1.54) is 0 Å². The summed E-state index contributed by atoms with van der Waals surface area (Å²) in [6.45, 7) is 2.01. The first-order valence-electron chi connectivity index (χ1n) is 3.13. The lowest BCUT2D eigenvalue weighted by atomic mass is 10.1. The Balaban J connectivity index is 3.37. The van der Waals surface area contributed by atoms with E-state index in [1.54, 1.807) is 0 Å². The van der Waals surface area contributed by atoms with Crippen molar-refractivity contribution in [2.45, 2.75) is 19.8 Å². The fourth-order valence-corrected chi connectivity index (χ4v) is 0.771. The molecule has 0 heterocycles. The van der Waals surface area contributed by atoms with E-state index in [2.05, 4.69) is 20.1 Å². The molecular formula is C6H11BrO3. The van der Waals surface area contributed by atoms with Gasteiger partial charge >= 0.3 is 5.97 Å². The van der Waals surface area contributed by atoms with Crippen LogP contribution >= 0.6 is 16.3 Å². The molecule has 60 valence electrons. The number of hydrogen-bond acceptors (Lipinski definition) is 3. The van der Waals surface area contributed by atoms with Crippen LogP contribution in [0.25, 0.3) is 0 Å². The number of hydrogen-bond donors (Lipinski definition) is 1. The number of rotatable bonds is 4. The third-order valence-corrected chi connectivity index (χ3v) is 1.58. The number of aliphatic hydroxyl groups is 1. The van der Waals surface area contributed by atoms with Crippen LogP contribution in [0.1, 0.15) is 19.8 Å². The van der Waals surface area contributed by atoms with Gasteiger partial charge in [-0.3, -0.25) is 4.79 Å². The van der Waals surface area contributed by atoms with Crippen molar-refractivity contribution in [1.82, 2.24) is 0 Å². The number of carbonyl (C=O) groups is 1. The van der Waals surface area contributed by atoms with Gasteiger partial charge in [-0.25, -0.2) is 0 Å². The van der Waals surface area contributed by atoms with Crippen LogP contribution in [0.4, 0.5) is 0 Å². The van der Waals surface area contributed by atoms with E-state index >= 15 is 0 Å². The van der Waals surface area contributed by atoms with E-state index in [1.807, 2.05) is 6.92 Å². The molecule has 4 heteroatoms. The van der Waals surface area contributed by atoms with E-state index in [0.717, 1.165) is 0 Å². The number of halogens is 1. The topological polar surface area (TPSA) is 46.5 Å². The van der Waals surface area contributed by atoms with Gasteiger partial charge in [-0.2, -0.15) is 0 Å². The molecule has 1 atom stereocenters. The van der Waals surface area contributed by atoms with Gasteiger partial charge in [-0.15, -0.1) is 0 Å². The average Bonchev–Trinajstić information content (AvgIpc) is 1.88. The molecule has 0 aliphatic heterocycles. The first-order chi connectivity index (χ1) is 4.70. The van der Waals surface area contributed by atoms with Crippen LogP contribution < -0.4 is 0 Å². The molecule has 0 radical (unpaired) electrons. The Morgan fingerprint density at radius 2 is 2.40 bits per heavy atom. The zero-order valence-corrected chi connectivity index (χ0v) is 7.43. The minimum Gasteiger partial charge on any atom is -0.396 e. The van der Waals surface area contributed by atoms with Gasteiger partial charge in [0.1, 0.15) is 0 Å². The predicted octanol–water partition coefficient (Wildman–Crippen LogP) is 1.25. The first-order valence-corrected chi connectivity index (χ1v) is 3.77. The van der Waals surface area contributed by atoms with Gasteiger partial charge < -0.3 is 8.93 Å². The van der Waals surface area contributed by atoms with E-state index < -0.39 is 0 Å². The molecule has 0 spiro atoms. The lowest BCUT2D eigenvalue weighted by Gasteiger charge is -2.05. The summed E-state index contributed by atoms with van der Waals surface area (Å²) in [5, 5.41) is 8.46. The Morgan fingerprint density at radius 3 is 2.80 bits per heavy atom. The fourth-order valence-electron chi connectivity index (χ4n) is 0.638. The molecule has 0 fully saturated rings. The molecule has 0 aliphatic rings. The molecule has 0 aromatic rings. The third kappa shape index (κ3) is 4.76. The van der Waals surface area contributed by atoms with Crippen molar-refractivity contribution in [3.8, 4) is 0 Å². The van der Waals surface area contributed by atoms with Gasteiger partial charge in [0.2, 0.25) is 0 Å². The summed E-state index contributed by atoms with van der Waals surface area (Å²) in [7, 11) is 0. The maximum absolute atomic E-state index is 10.5. The van der Waals surface area contributed by atoms with Gasteiger partial charge in [-0.1, -0.05) is 6.92 Å². The molecule has 0 amide bonds. The van der Waals surface area contributed by atoms with Crippen LogP contribution in [0, 0.1) is 5.92 Å².